The minimum atomic E-state index is 0.244. The van der Waals surface area contributed by atoms with Gasteiger partial charge >= 0.3 is 0 Å². The Labute approximate surface area is 110 Å². The predicted molar refractivity (Wildman–Crippen MR) is 76.3 cm³/mol. The Bertz CT molecular complexity index is 379. The molecule has 3 nitrogen and oxygen atoms in total. The first-order chi connectivity index (χ1) is 8.70. The first-order valence-corrected chi connectivity index (χ1v) is 6.94. The molecular weight excluding hydrogens is 224 g/mol. The molecule has 1 atom stereocenters. The number of anilines is 1. The fourth-order valence-corrected chi connectivity index (χ4v) is 2.37. The van der Waals surface area contributed by atoms with Gasteiger partial charge in [0.1, 0.15) is 11.9 Å². The second-order valence-electron chi connectivity index (χ2n) is 5.21. The van der Waals surface area contributed by atoms with Gasteiger partial charge in [-0.25, -0.2) is 0 Å². The Hall–Kier alpha value is -1.22. The summed E-state index contributed by atoms with van der Waals surface area (Å²) >= 11 is 0. The predicted octanol–water partition coefficient (Wildman–Crippen LogP) is 2.98. The van der Waals surface area contributed by atoms with E-state index in [4.69, 9.17) is 4.74 Å². The lowest BCUT2D eigenvalue weighted by Gasteiger charge is -2.33. The molecule has 3 heteroatoms. The van der Waals surface area contributed by atoms with Crippen molar-refractivity contribution in [1.29, 1.82) is 0 Å². The highest BCUT2D eigenvalue weighted by Crippen LogP contribution is 2.28. The van der Waals surface area contributed by atoms with Gasteiger partial charge in [0.25, 0.3) is 0 Å². The Morgan fingerprint density at radius 3 is 2.89 bits per heavy atom. The summed E-state index contributed by atoms with van der Waals surface area (Å²) in [5.74, 6) is 0.981. The van der Waals surface area contributed by atoms with Crippen molar-refractivity contribution in [3.05, 3.63) is 24.3 Å². The average Bonchev–Trinajstić information content (AvgIpc) is 2.38. The number of nitrogens with zero attached hydrogens (tertiary/aromatic N) is 1. The van der Waals surface area contributed by atoms with Gasteiger partial charge in [-0.15, -0.1) is 0 Å². The smallest absolute Gasteiger partial charge is 0.142 e. The van der Waals surface area contributed by atoms with Crippen LogP contribution in [0.1, 0.15) is 27.2 Å². The fraction of sp³-hybridized carbons (Fsp3) is 0.600. The van der Waals surface area contributed by atoms with Crippen LogP contribution in [0.2, 0.25) is 0 Å². The molecule has 1 aromatic rings. The van der Waals surface area contributed by atoms with Crippen molar-refractivity contribution in [2.24, 2.45) is 0 Å². The van der Waals surface area contributed by atoms with Gasteiger partial charge in [-0.3, -0.25) is 4.90 Å². The van der Waals surface area contributed by atoms with E-state index in [1.165, 1.54) is 6.42 Å². The standard InChI is InChI=1S/C15H24N2O/c1-4-9-17(12(2)3)11-13-10-16-14-7-5-6-8-15(14)18-13/h5-8,12-13,16H,4,9-11H2,1-3H3. The number of hydrogen-bond donors (Lipinski definition) is 1. The van der Waals surface area contributed by atoms with Gasteiger partial charge in [0, 0.05) is 12.6 Å². The molecule has 1 heterocycles. The third-order valence-electron chi connectivity index (χ3n) is 3.38. The van der Waals surface area contributed by atoms with Crippen LogP contribution in [-0.2, 0) is 0 Å². The number of fused-ring (bicyclic) bond motifs is 1. The summed E-state index contributed by atoms with van der Waals surface area (Å²) in [6, 6.07) is 8.74. The largest absolute Gasteiger partial charge is 0.485 e. The Kier molecular flexibility index (Phi) is 4.48. The van der Waals surface area contributed by atoms with Crippen LogP contribution in [0.3, 0.4) is 0 Å². The zero-order valence-electron chi connectivity index (χ0n) is 11.6. The monoisotopic (exact) mass is 248 g/mol. The number of para-hydroxylation sites is 2. The quantitative estimate of drug-likeness (QED) is 0.867. The first-order valence-electron chi connectivity index (χ1n) is 6.94. The van der Waals surface area contributed by atoms with E-state index in [1.54, 1.807) is 0 Å². The summed E-state index contributed by atoms with van der Waals surface area (Å²) in [6.07, 6.45) is 1.43. The highest BCUT2D eigenvalue weighted by molar-refractivity contribution is 5.57. The highest BCUT2D eigenvalue weighted by atomic mass is 16.5. The topological polar surface area (TPSA) is 24.5 Å². The Morgan fingerprint density at radius 2 is 2.17 bits per heavy atom. The molecule has 0 amide bonds. The van der Waals surface area contributed by atoms with Crippen molar-refractivity contribution < 1.29 is 4.74 Å². The van der Waals surface area contributed by atoms with E-state index in [0.29, 0.717) is 6.04 Å². The van der Waals surface area contributed by atoms with Gasteiger partial charge in [0.2, 0.25) is 0 Å². The van der Waals surface area contributed by atoms with E-state index in [1.807, 2.05) is 18.2 Å². The Morgan fingerprint density at radius 1 is 1.39 bits per heavy atom. The third-order valence-corrected chi connectivity index (χ3v) is 3.38. The maximum absolute atomic E-state index is 6.05. The van der Waals surface area contributed by atoms with Crippen LogP contribution in [0.25, 0.3) is 0 Å². The van der Waals surface area contributed by atoms with Gasteiger partial charge in [-0.1, -0.05) is 19.1 Å². The molecule has 0 aromatic heterocycles. The lowest BCUT2D eigenvalue weighted by atomic mass is 10.2. The molecular formula is C15H24N2O. The molecule has 100 valence electrons. The maximum atomic E-state index is 6.05. The molecule has 1 aliphatic heterocycles. The van der Waals surface area contributed by atoms with Crippen LogP contribution in [0.5, 0.6) is 5.75 Å². The summed E-state index contributed by atoms with van der Waals surface area (Å²) in [5, 5.41) is 3.45. The number of rotatable bonds is 5. The van der Waals surface area contributed by atoms with Crippen molar-refractivity contribution >= 4 is 5.69 Å². The molecule has 0 bridgehead atoms. The highest BCUT2D eigenvalue weighted by Gasteiger charge is 2.22. The van der Waals surface area contributed by atoms with Crippen molar-refractivity contribution in [2.75, 3.05) is 25.0 Å². The zero-order valence-corrected chi connectivity index (χ0v) is 11.6. The minimum Gasteiger partial charge on any atom is -0.485 e. The van der Waals surface area contributed by atoms with E-state index in [0.717, 1.165) is 31.1 Å². The van der Waals surface area contributed by atoms with E-state index in [9.17, 15) is 0 Å². The summed E-state index contributed by atoms with van der Waals surface area (Å²) in [6.45, 7) is 9.75. The number of ether oxygens (including phenoxy) is 1. The molecule has 0 saturated heterocycles. The van der Waals surface area contributed by atoms with Gasteiger partial charge in [0.05, 0.1) is 12.2 Å². The lowest BCUT2D eigenvalue weighted by molar-refractivity contribution is 0.116. The first kappa shape index (κ1) is 13.2. The lowest BCUT2D eigenvalue weighted by Crippen LogP contribution is -2.44. The van der Waals surface area contributed by atoms with E-state index < -0.39 is 0 Å². The molecule has 0 fully saturated rings. The molecule has 1 N–H and O–H groups in total. The summed E-state index contributed by atoms with van der Waals surface area (Å²) < 4.78 is 6.05. The van der Waals surface area contributed by atoms with Crippen molar-refractivity contribution in [2.45, 2.75) is 39.3 Å². The number of benzene rings is 1. The van der Waals surface area contributed by atoms with E-state index in [2.05, 4.69) is 37.1 Å². The second kappa shape index (κ2) is 6.10. The van der Waals surface area contributed by atoms with Crippen LogP contribution in [-0.4, -0.2) is 36.7 Å². The SMILES string of the molecule is CCCN(CC1CNc2ccccc2O1)C(C)C. The van der Waals surface area contributed by atoms with Crippen LogP contribution in [0, 0.1) is 0 Å². The van der Waals surface area contributed by atoms with Crippen LogP contribution in [0.4, 0.5) is 5.69 Å². The maximum Gasteiger partial charge on any atom is 0.142 e. The normalized spacial score (nSPS) is 18.4. The molecule has 1 aliphatic rings. The average molecular weight is 248 g/mol. The zero-order chi connectivity index (χ0) is 13.0. The Balaban J connectivity index is 1.96. The summed E-state index contributed by atoms with van der Waals surface area (Å²) in [7, 11) is 0. The van der Waals surface area contributed by atoms with Crippen molar-refractivity contribution in [3.8, 4) is 5.75 Å². The van der Waals surface area contributed by atoms with Crippen molar-refractivity contribution in [3.63, 3.8) is 0 Å². The van der Waals surface area contributed by atoms with Gasteiger partial charge < -0.3 is 10.1 Å². The third kappa shape index (κ3) is 3.16. The van der Waals surface area contributed by atoms with Crippen molar-refractivity contribution in [1.82, 2.24) is 4.90 Å². The number of nitrogens with one attached hydrogen (secondary N) is 1. The van der Waals surface area contributed by atoms with Crippen LogP contribution in [0.15, 0.2) is 24.3 Å². The summed E-state index contributed by atoms with van der Waals surface area (Å²) in [5.41, 5.74) is 1.11. The molecule has 1 aromatic carbocycles. The minimum absolute atomic E-state index is 0.244. The van der Waals surface area contributed by atoms with Gasteiger partial charge in [0.15, 0.2) is 0 Å². The second-order valence-corrected chi connectivity index (χ2v) is 5.21. The molecule has 0 saturated carbocycles. The molecule has 2 rings (SSSR count). The fourth-order valence-electron chi connectivity index (χ4n) is 2.37. The van der Waals surface area contributed by atoms with Crippen LogP contribution < -0.4 is 10.1 Å². The number of hydrogen-bond acceptors (Lipinski definition) is 3. The molecule has 0 aliphatic carbocycles. The molecule has 0 radical (unpaired) electrons. The molecule has 1 unspecified atom stereocenters. The van der Waals surface area contributed by atoms with E-state index in [-0.39, 0.29) is 6.10 Å². The molecule has 18 heavy (non-hydrogen) atoms. The van der Waals surface area contributed by atoms with E-state index >= 15 is 0 Å². The summed E-state index contributed by atoms with van der Waals surface area (Å²) in [4.78, 5) is 2.49. The van der Waals surface area contributed by atoms with Gasteiger partial charge in [-0.2, -0.15) is 0 Å². The van der Waals surface area contributed by atoms with Crippen LogP contribution >= 0.6 is 0 Å². The van der Waals surface area contributed by atoms with Gasteiger partial charge in [-0.05, 0) is 38.9 Å². The molecule has 0 spiro atoms.